The van der Waals surface area contributed by atoms with E-state index in [-0.39, 0.29) is 0 Å². The molecule has 0 atom stereocenters. The Balaban J connectivity index is 2.47. The molecule has 0 amide bonds. The number of nitrogens with zero attached hydrogens (tertiary/aromatic N) is 2. The van der Waals surface area contributed by atoms with E-state index in [0.29, 0.717) is 18.2 Å². The zero-order chi connectivity index (χ0) is 8.39. The topological polar surface area (TPSA) is 48.2 Å². The molecule has 2 rings (SSSR count). The molecule has 0 aliphatic carbocycles. The lowest BCUT2D eigenvalue weighted by molar-refractivity contribution is 0.161. The third-order valence-electron chi connectivity index (χ3n) is 1.48. The molecule has 0 radical (unpaired) electrons. The van der Waals surface area contributed by atoms with Gasteiger partial charge in [-0.3, -0.25) is 0 Å². The van der Waals surface area contributed by atoms with Gasteiger partial charge in [-0.05, 0) is 12.1 Å². The number of rotatable bonds is 2. The molecule has 2 aromatic heterocycles. The van der Waals surface area contributed by atoms with Crippen LogP contribution in [-0.4, -0.2) is 17.1 Å². The summed E-state index contributed by atoms with van der Waals surface area (Å²) in [5.74, 6) is 0.561. The highest BCUT2D eigenvalue weighted by atomic mass is 16.5. The molecular weight excluding hydrogens is 156 g/mol. The summed E-state index contributed by atoms with van der Waals surface area (Å²) in [7, 11) is 1.60. The van der Waals surface area contributed by atoms with Gasteiger partial charge in [0.1, 0.15) is 12.1 Å². The van der Waals surface area contributed by atoms with Crippen LogP contribution in [-0.2, 0) is 11.3 Å². The zero-order valence-corrected chi connectivity index (χ0v) is 6.65. The third kappa shape index (κ3) is 1.16. The van der Waals surface area contributed by atoms with Crippen LogP contribution in [0, 0.1) is 0 Å². The molecule has 62 valence electrons. The Hall–Kier alpha value is -1.42. The van der Waals surface area contributed by atoms with E-state index in [0.717, 1.165) is 5.52 Å². The van der Waals surface area contributed by atoms with Gasteiger partial charge < -0.3 is 9.15 Å². The number of pyridine rings is 1. The Bertz CT molecular complexity index is 350. The van der Waals surface area contributed by atoms with Gasteiger partial charge in [0.15, 0.2) is 0 Å². The van der Waals surface area contributed by atoms with Crippen molar-refractivity contribution < 1.29 is 9.15 Å². The van der Waals surface area contributed by atoms with Gasteiger partial charge in [0.05, 0.1) is 0 Å². The number of aromatic nitrogens is 2. The van der Waals surface area contributed by atoms with Gasteiger partial charge in [-0.2, -0.15) is 0 Å². The van der Waals surface area contributed by atoms with E-state index in [1.54, 1.807) is 13.3 Å². The van der Waals surface area contributed by atoms with E-state index in [4.69, 9.17) is 9.15 Å². The fourth-order valence-electron chi connectivity index (χ4n) is 1.00. The van der Waals surface area contributed by atoms with Crippen LogP contribution in [0.5, 0.6) is 0 Å². The van der Waals surface area contributed by atoms with Crippen molar-refractivity contribution in [1.29, 1.82) is 0 Å². The fraction of sp³-hybridized carbons (Fsp3) is 0.250. The maximum Gasteiger partial charge on any atom is 0.247 e. The fourth-order valence-corrected chi connectivity index (χ4v) is 1.00. The van der Waals surface area contributed by atoms with Crippen molar-refractivity contribution in [2.45, 2.75) is 6.61 Å². The third-order valence-corrected chi connectivity index (χ3v) is 1.48. The van der Waals surface area contributed by atoms with Gasteiger partial charge in [-0.25, -0.2) is 9.97 Å². The van der Waals surface area contributed by atoms with Crippen LogP contribution in [0.2, 0.25) is 0 Å². The molecule has 0 fully saturated rings. The van der Waals surface area contributed by atoms with Crippen molar-refractivity contribution in [3.8, 4) is 0 Å². The predicted octanol–water partition coefficient (Wildman–Crippen LogP) is 1.37. The molecule has 0 saturated heterocycles. The molecule has 0 aliphatic rings. The number of hydrogen-bond donors (Lipinski definition) is 0. The first-order chi connectivity index (χ1) is 5.90. The van der Waals surface area contributed by atoms with E-state index < -0.39 is 0 Å². The molecule has 0 spiro atoms. The summed E-state index contributed by atoms with van der Waals surface area (Å²) >= 11 is 0. The van der Waals surface area contributed by atoms with Gasteiger partial charge in [-0.15, -0.1) is 0 Å². The number of oxazole rings is 1. The molecule has 0 aliphatic heterocycles. The molecule has 0 unspecified atom stereocenters. The smallest absolute Gasteiger partial charge is 0.247 e. The summed E-state index contributed by atoms with van der Waals surface area (Å²) in [6, 6.07) is 3.67. The van der Waals surface area contributed by atoms with E-state index in [2.05, 4.69) is 9.97 Å². The first-order valence-corrected chi connectivity index (χ1v) is 3.59. The van der Waals surface area contributed by atoms with Crippen LogP contribution in [0.25, 0.3) is 11.2 Å². The molecule has 2 aromatic rings. The summed E-state index contributed by atoms with van der Waals surface area (Å²) in [4.78, 5) is 8.15. The second-order valence-corrected chi connectivity index (χ2v) is 2.37. The summed E-state index contributed by atoms with van der Waals surface area (Å²) < 4.78 is 10.1. The first-order valence-electron chi connectivity index (χ1n) is 3.59. The second-order valence-electron chi connectivity index (χ2n) is 2.37. The van der Waals surface area contributed by atoms with Gasteiger partial charge in [-0.1, -0.05) is 0 Å². The Morgan fingerprint density at radius 2 is 2.50 bits per heavy atom. The van der Waals surface area contributed by atoms with Gasteiger partial charge in [0, 0.05) is 13.3 Å². The van der Waals surface area contributed by atoms with Crippen molar-refractivity contribution in [3.05, 3.63) is 24.2 Å². The normalized spacial score (nSPS) is 10.8. The highest BCUT2D eigenvalue weighted by Gasteiger charge is 2.03. The van der Waals surface area contributed by atoms with Crippen LogP contribution < -0.4 is 0 Å². The summed E-state index contributed by atoms with van der Waals surface area (Å²) in [6.45, 7) is 0.385. The van der Waals surface area contributed by atoms with Gasteiger partial charge >= 0.3 is 0 Å². The largest absolute Gasteiger partial charge is 0.420 e. The quantitative estimate of drug-likeness (QED) is 0.672. The number of methoxy groups -OCH3 is 1. The van der Waals surface area contributed by atoms with Crippen molar-refractivity contribution in [2.24, 2.45) is 0 Å². The molecule has 0 aromatic carbocycles. The van der Waals surface area contributed by atoms with Crippen LogP contribution >= 0.6 is 0 Å². The number of fused-ring (bicyclic) bond motifs is 1. The van der Waals surface area contributed by atoms with E-state index >= 15 is 0 Å². The highest BCUT2D eigenvalue weighted by molar-refractivity contribution is 5.67. The molecule has 2 heterocycles. The minimum absolute atomic E-state index is 0.385. The Labute approximate surface area is 69.2 Å². The zero-order valence-electron chi connectivity index (χ0n) is 6.65. The SMILES string of the molecule is COCc1nc2cccnc2o1. The maximum atomic E-state index is 5.26. The van der Waals surface area contributed by atoms with E-state index in [1.807, 2.05) is 12.1 Å². The molecular formula is C8H8N2O2. The Morgan fingerprint density at radius 3 is 3.25 bits per heavy atom. The standard InChI is InChI=1S/C8H8N2O2/c1-11-5-7-10-6-3-2-4-9-8(6)12-7/h2-4H,5H2,1H3. The number of hydrogen-bond acceptors (Lipinski definition) is 4. The summed E-state index contributed by atoms with van der Waals surface area (Å²) in [6.07, 6.45) is 1.67. The minimum Gasteiger partial charge on any atom is -0.420 e. The van der Waals surface area contributed by atoms with Crippen molar-refractivity contribution >= 4 is 11.2 Å². The molecule has 12 heavy (non-hydrogen) atoms. The second kappa shape index (κ2) is 2.91. The molecule has 0 saturated carbocycles. The lowest BCUT2D eigenvalue weighted by Gasteiger charge is -1.87. The van der Waals surface area contributed by atoms with Crippen LogP contribution in [0.4, 0.5) is 0 Å². The monoisotopic (exact) mass is 164 g/mol. The van der Waals surface area contributed by atoms with E-state index in [9.17, 15) is 0 Å². The summed E-state index contributed by atoms with van der Waals surface area (Å²) in [5.41, 5.74) is 1.33. The Morgan fingerprint density at radius 1 is 1.58 bits per heavy atom. The lowest BCUT2D eigenvalue weighted by Crippen LogP contribution is -1.85. The van der Waals surface area contributed by atoms with Crippen LogP contribution in [0.1, 0.15) is 5.89 Å². The van der Waals surface area contributed by atoms with Crippen molar-refractivity contribution in [2.75, 3.05) is 7.11 Å². The first kappa shape index (κ1) is 7.24. The summed E-state index contributed by atoms with van der Waals surface area (Å²) in [5, 5.41) is 0. The van der Waals surface area contributed by atoms with Crippen molar-refractivity contribution in [1.82, 2.24) is 9.97 Å². The van der Waals surface area contributed by atoms with E-state index in [1.165, 1.54) is 0 Å². The lowest BCUT2D eigenvalue weighted by atomic mass is 10.4. The van der Waals surface area contributed by atoms with Crippen LogP contribution in [0.15, 0.2) is 22.7 Å². The average molecular weight is 164 g/mol. The minimum atomic E-state index is 0.385. The predicted molar refractivity (Wildman–Crippen MR) is 42.5 cm³/mol. The maximum absolute atomic E-state index is 5.26. The van der Waals surface area contributed by atoms with Gasteiger partial charge in [0.2, 0.25) is 11.6 Å². The average Bonchev–Trinajstić information content (AvgIpc) is 2.47. The highest BCUT2D eigenvalue weighted by Crippen LogP contribution is 2.11. The molecule has 0 N–H and O–H groups in total. The van der Waals surface area contributed by atoms with Gasteiger partial charge in [0.25, 0.3) is 0 Å². The van der Waals surface area contributed by atoms with Crippen molar-refractivity contribution in [3.63, 3.8) is 0 Å². The number of ether oxygens (including phenoxy) is 1. The van der Waals surface area contributed by atoms with Crippen LogP contribution in [0.3, 0.4) is 0 Å². The molecule has 4 heteroatoms. The molecule has 4 nitrogen and oxygen atoms in total. The molecule has 0 bridgehead atoms. The Kier molecular flexibility index (Phi) is 1.75.